The summed E-state index contributed by atoms with van der Waals surface area (Å²) in [5.74, 6) is 1.65. The Hall–Kier alpha value is -2.14. The number of hydrogen-bond donors (Lipinski definition) is 1. The molecule has 1 N–H and O–H groups in total. The molecule has 0 spiro atoms. The van der Waals surface area contributed by atoms with Crippen molar-refractivity contribution in [2.75, 3.05) is 31.1 Å². The van der Waals surface area contributed by atoms with E-state index in [1.165, 1.54) is 0 Å². The number of nitrogens with one attached hydrogen (secondary N) is 1. The molecule has 0 amide bonds. The second-order valence-corrected chi connectivity index (χ2v) is 4.72. The van der Waals surface area contributed by atoms with E-state index in [0.29, 0.717) is 12.5 Å². The molecule has 0 unspecified atom stereocenters. The first-order valence-electron chi connectivity index (χ1n) is 6.86. The van der Waals surface area contributed by atoms with E-state index in [-0.39, 0.29) is 0 Å². The van der Waals surface area contributed by atoms with E-state index < -0.39 is 0 Å². The van der Waals surface area contributed by atoms with Crippen LogP contribution in [0.5, 0.6) is 5.88 Å². The van der Waals surface area contributed by atoms with Gasteiger partial charge in [0, 0.05) is 44.6 Å². The fourth-order valence-corrected chi connectivity index (χ4v) is 2.19. The molecule has 0 radical (unpaired) electrons. The molecule has 0 aromatic carbocycles. The quantitative estimate of drug-likeness (QED) is 0.911. The number of aromatic nitrogens is 2. The topological polar surface area (TPSA) is 50.3 Å². The molecule has 2 aromatic heterocycles. The molecule has 3 heterocycles. The van der Waals surface area contributed by atoms with Gasteiger partial charge >= 0.3 is 0 Å². The summed E-state index contributed by atoms with van der Waals surface area (Å²) in [6.45, 7) is 4.50. The number of rotatable bonds is 4. The maximum atomic E-state index is 5.74. The van der Waals surface area contributed by atoms with Crippen LogP contribution in [0.25, 0.3) is 0 Å². The maximum absolute atomic E-state index is 5.74. The highest BCUT2D eigenvalue weighted by Crippen LogP contribution is 2.17. The third-order valence-corrected chi connectivity index (χ3v) is 3.29. The van der Waals surface area contributed by atoms with Gasteiger partial charge in [-0.3, -0.25) is 4.98 Å². The third kappa shape index (κ3) is 3.24. The predicted octanol–water partition coefficient (Wildman–Crippen LogP) is 1.47. The van der Waals surface area contributed by atoms with Gasteiger partial charge in [-0.1, -0.05) is 6.07 Å². The summed E-state index contributed by atoms with van der Waals surface area (Å²) in [6, 6.07) is 9.81. The molecular weight excluding hydrogens is 252 g/mol. The molecule has 104 valence electrons. The lowest BCUT2D eigenvalue weighted by Gasteiger charge is -2.28. The normalized spacial score (nSPS) is 15.1. The van der Waals surface area contributed by atoms with Gasteiger partial charge in [0.05, 0.1) is 0 Å². The van der Waals surface area contributed by atoms with Gasteiger partial charge in [0.25, 0.3) is 0 Å². The molecular formula is C15H18N4O. The van der Waals surface area contributed by atoms with Crippen molar-refractivity contribution in [3.05, 3.63) is 48.3 Å². The first kappa shape index (κ1) is 12.9. The van der Waals surface area contributed by atoms with Crippen LogP contribution in [-0.4, -0.2) is 36.1 Å². The molecule has 0 bridgehead atoms. The van der Waals surface area contributed by atoms with E-state index in [9.17, 15) is 0 Å². The molecule has 1 aliphatic heterocycles. The lowest BCUT2D eigenvalue weighted by atomic mass is 10.3. The largest absolute Gasteiger partial charge is 0.473 e. The lowest BCUT2D eigenvalue weighted by Crippen LogP contribution is -2.43. The number of hydrogen-bond acceptors (Lipinski definition) is 5. The van der Waals surface area contributed by atoms with E-state index in [1.807, 2.05) is 30.3 Å². The molecule has 0 atom stereocenters. The van der Waals surface area contributed by atoms with Crippen LogP contribution in [0.4, 0.5) is 5.82 Å². The number of nitrogens with zero attached hydrogens (tertiary/aromatic N) is 3. The van der Waals surface area contributed by atoms with E-state index in [0.717, 1.165) is 37.6 Å². The lowest BCUT2D eigenvalue weighted by molar-refractivity contribution is 0.294. The average molecular weight is 270 g/mol. The van der Waals surface area contributed by atoms with Crippen molar-refractivity contribution in [3.8, 4) is 5.88 Å². The van der Waals surface area contributed by atoms with Crippen LogP contribution in [0.3, 0.4) is 0 Å². The Balaban J connectivity index is 1.65. The number of piperazine rings is 1. The highest BCUT2D eigenvalue weighted by Gasteiger charge is 2.12. The van der Waals surface area contributed by atoms with Crippen molar-refractivity contribution in [2.45, 2.75) is 6.61 Å². The van der Waals surface area contributed by atoms with E-state index in [2.05, 4.69) is 20.2 Å². The molecule has 5 nitrogen and oxygen atoms in total. The monoisotopic (exact) mass is 270 g/mol. The Morgan fingerprint density at radius 2 is 1.90 bits per heavy atom. The predicted molar refractivity (Wildman–Crippen MR) is 77.9 cm³/mol. The Morgan fingerprint density at radius 1 is 1.10 bits per heavy atom. The van der Waals surface area contributed by atoms with Crippen LogP contribution < -0.4 is 15.0 Å². The van der Waals surface area contributed by atoms with Crippen LogP contribution >= 0.6 is 0 Å². The zero-order valence-corrected chi connectivity index (χ0v) is 11.3. The van der Waals surface area contributed by atoms with Gasteiger partial charge in [0.2, 0.25) is 5.88 Å². The van der Waals surface area contributed by atoms with Crippen LogP contribution in [0.1, 0.15) is 5.56 Å². The minimum absolute atomic E-state index is 0.514. The summed E-state index contributed by atoms with van der Waals surface area (Å²) in [4.78, 5) is 10.8. The molecule has 0 saturated carbocycles. The molecule has 2 aromatic rings. The van der Waals surface area contributed by atoms with E-state index >= 15 is 0 Å². The van der Waals surface area contributed by atoms with Crippen molar-refractivity contribution < 1.29 is 4.74 Å². The smallest absolute Gasteiger partial charge is 0.215 e. The molecule has 1 saturated heterocycles. The Kier molecular flexibility index (Phi) is 4.08. The zero-order chi connectivity index (χ0) is 13.6. The summed E-state index contributed by atoms with van der Waals surface area (Å²) in [7, 11) is 0. The van der Waals surface area contributed by atoms with Gasteiger partial charge in [-0.15, -0.1) is 0 Å². The minimum atomic E-state index is 0.514. The van der Waals surface area contributed by atoms with Crippen molar-refractivity contribution >= 4 is 5.82 Å². The van der Waals surface area contributed by atoms with Crippen molar-refractivity contribution in [3.63, 3.8) is 0 Å². The summed E-state index contributed by atoms with van der Waals surface area (Å²) in [6.07, 6.45) is 3.53. The highest BCUT2D eigenvalue weighted by molar-refractivity contribution is 5.41. The standard InChI is InChI=1S/C15H18N4O/c1-2-14(19-10-8-17-9-11-19)18-15(3-1)20-12-13-4-6-16-7-5-13/h1-7,17H,8-12H2. The number of pyridine rings is 2. The van der Waals surface area contributed by atoms with E-state index in [1.54, 1.807) is 12.4 Å². The first-order valence-corrected chi connectivity index (χ1v) is 6.86. The average Bonchev–Trinajstić information content (AvgIpc) is 2.55. The second-order valence-electron chi connectivity index (χ2n) is 4.72. The van der Waals surface area contributed by atoms with E-state index in [4.69, 9.17) is 4.74 Å². The molecule has 0 aliphatic carbocycles. The van der Waals surface area contributed by atoms with Crippen LogP contribution in [0.15, 0.2) is 42.7 Å². The Morgan fingerprint density at radius 3 is 2.70 bits per heavy atom. The van der Waals surface area contributed by atoms with Crippen molar-refractivity contribution in [1.29, 1.82) is 0 Å². The van der Waals surface area contributed by atoms with Crippen molar-refractivity contribution in [2.24, 2.45) is 0 Å². The minimum Gasteiger partial charge on any atom is -0.473 e. The zero-order valence-electron chi connectivity index (χ0n) is 11.3. The summed E-state index contributed by atoms with van der Waals surface area (Å²) < 4.78 is 5.74. The summed E-state index contributed by atoms with van der Waals surface area (Å²) in [5.41, 5.74) is 1.09. The van der Waals surface area contributed by atoms with Gasteiger partial charge < -0.3 is 15.0 Å². The molecule has 1 fully saturated rings. The summed E-state index contributed by atoms with van der Waals surface area (Å²) >= 11 is 0. The number of anilines is 1. The fraction of sp³-hybridized carbons (Fsp3) is 0.333. The maximum Gasteiger partial charge on any atom is 0.215 e. The first-order chi connectivity index (χ1) is 9.92. The SMILES string of the molecule is c1cc(OCc2ccncc2)nc(N2CCNCC2)c1. The van der Waals surface area contributed by atoms with Gasteiger partial charge in [-0.05, 0) is 23.8 Å². The van der Waals surface area contributed by atoms with Crippen LogP contribution in [-0.2, 0) is 6.61 Å². The molecule has 5 heteroatoms. The van der Waals surface area contributed by atoms with Crippen molar-refractivity contribution in [1.82, 2.24) is 15.3 Å². The van der Waals surface area contributed by atoms with Gasteiger partial charge in [0.1, 0.15) is 12.4 Å². The van der Waals surface area contributed by atoms with Crippen LogP contribution in [0.2, 0.25) is 0 Å². The highest BCUT2D eigenvalue weighted by atomic mass is 16.5. The molecule has 20 heavy (non-hydrogen) atoms. The Bertz CT molecular complexity index is 541. The van der Waals surface area contributed by atoms with Gasteiger partial charge in [-0.25, -0.2) is 0 Å². The molecule has 1 aliphatic rings. The summed E-state index contributed by atoms with van der Waals surface area (Å²) in [5, 5.41) is 3.34. The van der Waals surface area contributed by atoms with Gasteiger partial charge in [0.15, 0.2) is 0 Å². The second kappa shape index (κ2) is 6.34. The number of ether oxygens (including phenoxy) is 1. The Labute approximate surface area is 118 Å². The fourth-order valence-electron chi connectivity index (χ4n) is 2.19. The third-order valence-electron chi connectivity index (χ3n) is 3.29. The van der Waals surface area contributed by atoms with Crippen LogP contribution in [0, 0.1) is 0 Å². The molecule has 3 rings (SSSR count). The van der Waals surface area contributed by atoms with Gasteiger partial charge in [-0.2, -0.15) is 4.98 Å².